The van der Waals surface area contributed by atoms with Crippen LogP contribution < -0.4 is 10.6 Å². The molecule has 0 unspecified atom stereocenters. The third-order valence-corrected chi connectivity index (χ3v) is 4.86. The van der Waals surface area contributed by atoms with E-state index < -0.39 is 42.3 Å². The second-order valence-electron chi connectivity index (χ2n) is 6.19. The number of aliphatic carboxylic acids is 1. The van der Waals surface area contributed by atoms with Crippen molar-refractivity contribution in [1.29, 1.82) is 0 Å². The van der Waals surface area contributed by atoms with Crippen LogP contribution in [0.5, 0.6) is 0 Å². The van der Waals surface area contributed by atoms with Crippen molar-refractivity contribution in [3.63, 3.8) is 0 Å². The Balaban J connectivity index is 1.98. The summed E-state index contributed by atoms with van der Waals surface area (Å²) in [6.07, 6.45) is 0.167. The Bertz CT molecular complexity index is 822. The predicted molar refractivity (Wildman–Crippen MR) is 107 cm³/mol. The number of rotatable bonds is 7. The number of nitrogens with one attached hydrogen (secondary N) is 2. The minimum absolute atomic E-state index is 0.295. The van der Waals surface area contributed by atoms with E-state index in [-0.39, 0.29) is 6.54 Å². The molecule has 3 amide bonds. The van der Waals surface area contributed by atoms with Crippen molar-refractivity contribution >= 4 is 46.3 Å². The topological polar surface area (TPSA) is 120 Å². The highest BCUT2D eigenvalue weighted by molar-refractivity contribution is 14.1. The molecule has 1 saturated heterocycles. The fourth-order valence-corrected chi connectivity index (χ4v) is 3.36. The fraction of sp³-hybridized carbons (Fsp3) is 0.389. The van der Waals surface area contributed by atoms with Crippen LogP contribution in [-0.4, -0.2) is 59.0 Å². The van der Waals surface area contributed by atoms with E-state index >= 15 is 0 Å². The number of carbonyl (C=O) groups excluding carboxylic acids is 3. The second-order valence-corrected chi connectivity index (χ2v) is 7.44. The van der Waals surface area contributed by atoms with Crippen molar-refractivity contribution in [2.24, 2.45) is 0 Å². The van der Waals surface area contributed by atoms with Gasteiger partial charge < -0.3 is 15.7 Å². The van der Waals surface area contributed by atoms with Crippen LogP contribution >= 0.6 is 22.6 Å². The molecule has 0 aliphatic carbocycles. The van der Waals surface area contributed by atoms with Crippen molar-refractivity contribution in [2.75, 3.05) is 13.1 Å². The van der Waals surface area contributed by atoms with Crippen molar-refractivity contribution in [3.8, 4) is 0 Å². The van der Waals surface area contributed by atoms with E-state index in [0.29, 0.717) is 18.5 Å². The predicted octanol–water partition coefficient (Wildman–Crippen LogP) is 0.848. The number of amides is 3. The molecule has 28 heavy (non-hydrogen) atoms. The monoisotopic (exact) mass is 498 g/mol. The van der Waals surface area contributed by atoms with Crippen LogP contribution in [0.1, 0.15) is 29.6 Å². The molecule has 0 bridgehead atoms. The molecular formula is C18H19IN4O5. The van der Waals surface area contributed by atoms with Gasteiger partial charge in [0.1, 0.15) is 6.04 Å². The number of nitrogens with zero attached hydrogens (tertiary/aromatic N) is 2. The van der Waals surface area contributed by atoms with E-state index in [1.54, 1.807) is 24.3 Å². The minimum atomic E-state index is -1.33. The van der Waals surface area contributed by atoms with Gasteiger partial charge in [-0.15, -0.1) is 0 Å². The first-order valence-electron chi connectivity index (χ1n) is 8.53. The third kappa shape index (κ3) is 5.91. The number of carboxylic acid groups (broad SMARTS) is 1. The van der Waals surface area contributed by atoms with E-state index in [1.165, 1.54) is 4.90 Å². The van der Waals surface area contributed by atoms with Gasteiger partial charge in [0.25, 0.3) is 5.91 Å². The van der Waals surface area contributed by atoms with E-state index in [0.717, 1.165) is 9.99 Å². The Morgan fingerprint density at radius 3 is 2.75 bits per heavy atom. The van der Waals surface area contributed by atoms with Gasteiger partial charge in [-0.05, 0) is 47.2 Å². The zero-order chi connectivity index (χ0) is 20.7. The normalized spacial score (nSPS) is 16.7. The van der Waals surface area contributed by atoms with E-state index in [1.807, 2.05) is 22.6 Å². The Morgan fingerprint density at radius 1 is 1.36 bits per heavy atom. The first-order chi connectivity index (χ1) is 13.3. The molecule has 1 aromatic rings. The Kier molecular flexibility index (Phi) is 7.74. The minimum Gasteiger partial charge on any atom is -0.481 e. The first-order valence-corrected chi connectivity index (χ1v) is 9.61. The molecule has 0 aromatic heterocycles. The zero-order valence-electron chi connectivity index (χ0n) is 14.9. The van der Waals surface area contributed by atoms with Gasteiger partial charge in [0.15, 0.2) is 0 Å². The number of likely N-dealkylation sites (tertiary alicyclic amines) is 1. The van der Waals surface area contributed by atoms with Crippen molar-refractivity contribution in [2.45, 2.75) is 31.5 Å². The van der Waals surface area contributed by atoms with E-state index in [2.05, 4.69) is 15.5 Å². The number of carboxylic acids is 1. The molecule has 1 heterocycles. The number of hydrogen-bond acceptors (Lipinski definition) is 4. The van der Waals surface area contributed by atoms with Gasteiger partial charge >= 0.3 is 12.1 Å². The van der Waals surface area contributed by atoms with Crippen LogP contribution in [0.4, 0.5) is 0 Å². The molecular weight excluding hydrogens is 479 g/mol. The molecule has 0 radical (unpaired) electrons. The largest absolute Gasteiger partial charge is 0.481 e. The van der Waals surface area contributed by atoms with E-state index in [4.69, 9.17) is 11.7 Å². The maximum absolute atomic E-state index is 12.4. The standard InChI is InChI=1S/C18H19IN4O5/c1-20-14-6-3-7-23(14)15(24)10-21-18(28)13(9-16(25)26)22-17(27)11-4-2-5-12(19)8-11/h2,4-5,8,13-14H,3,6-7,9-10H2,(H,21,28)(H,22,27)(H,25,26)/t13-,14+/m1/s1. The number of carbonyl (C=O) groups is 4. The lowest BCUT2D eigenvalue weighted by Gasteiger charge is -2.19. The highest BCUT2D eigenvalue weighted by Crippen LogP contribution is 2.17. The van der Waals surface area contributed by atoms with Gasteiger partial charge in [-0.1, -0.05) is 6.07 Å². The molecule has 1 aliphatic heterocycles. The van der Waals surface area contributed by atoms with Gasteiger partial charge in [-0.2, -0.15) is 0 Å². The maximum Gasteiger partial charge on any atom is 0.305 e. The average molecular weight is 498 g/mol. The first kappa shape index (κ1) is 21.6. The van der Waals surface area contributed by atoms with Gasteiger partial charge in [0.05, 0.1) is 13.0 Å². The van der Waals surface area contributed by atoms with Gasteiger partial charge in [0.2, 0.25) is 11.8 Å². The summed E-state index contributed by atoms with van der Waals surface area (Å²) in [6.45, 7) is 7.18. The van der Waals surface area contributed by atoms with Crippen LogP contribution in [0.25, 0.3) is 4.85 Å². The Labute approximate surface area is 175 Å². The summed E-state index contributed by atoms with van der Waals surface area (Å²) in [4.78, 5) is 52.7. The smallest absolute Gasteiger partial charge is 0.305 e. The number of halogens is 1. The molecule has 10 heteroatoms. The van der Waals surface area contributed by atoms with Gasteiger partial charge in [0, 0.05) is 22.1 Å². The number of hydrogen-bond donors (Lipinski definition) is 3. The summed E-state index contributed by atoms with van der Waals surface area (Å²) in [5.41, 5.74) is 0.295. The summed E-state index contributed by atoms with van der Waals surface area (Å²) in [5, 5.41) is 13.8. The average Bonchev–Trinajstić information content (AvgIpc) is 3.13. The highest BCUT2D eigenvalue weighted by atomic mass is 127. The van der Waals surface area contributed by atoms with E-state index in [9.17, 15) is 19.2 Å². The fourth-order valence-electron chi connectivity index (χ4n) is 2.82. The summed E-state index contributed by atoms with van der Waals surface area (Å²) < 4.78 is 0.815. The molecule has 1 aliphatic rings. The molecule has 1 fully saturated rings. The molecule has 1 aromatic carbocycles. The summed E-state index contributed by atoms with van der Waals surface area (Å²) in [7, 11) is 0. The molecule has 0 spiro atoms. The maximum atomic E-state index is 12.4. The molecule has 148 valence electrons. The molecule has 0 saturated carbocycles. The third-order valence-electron chi connectivity index (χ3n) is 4.19. The zero-order valence-corrected chi connectivity index (χ0v) is 17.0. The summed E-state index contributed by atoms with van der Waals surface area (Å²) in [5.74, 6) is -3.03. The van der Waals surface area contributed by atoms with Gasteiger partial charge in [-0.3, -0.25) is 28.9 Å². The lowest BCUT2D eigenvalue weighted by atomic mass is 10.1. The number of benzene rings is 1. The van der Waals surface area contributed by atoms with Crippen LogP contribution in [0.15, 0.2) is 24.3 Å². The van der Waals surface area contributed by atoms with Crippen molar-refractivity contribution < 1.29 is 24.3 Å². The van der Waals surface area contributed by atoms with Crippen LogP contribution in [-0.2, 0) is 14.4 Å². The van der Waals surface area contributed by atoms with Crippen LogP contribution in [0.2, 0.25) is 0 Å². The summed E-state index contributed by atoms with van der Waals surface area (Å²) in [6, 6.07) is 5.29. The lowest BCUT2D eigenvalue weighted by molar-refractivity contribution is -0.140. The highest BCUT2D eigenvalue weighted by Gasteiger charge is 2.33. The molecule has 2 rings (SSSR count). The second kappa shape index (κ2) is 10.0. The molecule has 2 atom stereocenters. The molecule has 9 nitrogen and oxygen atoms in total. The lowest BCUT2D eigenvalue weighted by Crippen LogP contribution is -2.50. The van der Waals surface area contributed by atoms with Crippen molar-refractivity contribution in [1.82, 2.24) is 15.5 Å². The molecule has 3 N–H and O–H groups in total. The Hall–Kier alpha value is -2.68. The van der Waals surface area contributed by atoms with Crippen LogP contribution in [0.3, 0.4) is 0 Å². The SMILES string of the molecule is [C-]#[N+][C@@H]1CCCN1C(=O)CNC(=O)[C@@H](CC(=O)O)NC(=O)c1cccc(I)c1. The van der Waals surface area contributed by atoms with Crippen LogP contribution in [0, 0.1) is 10.1 Å². The summed E-state index contributed by atoms with van der Waals surface area (Å²) >= 11 is 2.03. The van der Waals surface area contributed by atoms with Gasteiger partial charge in [-0.25, -0.2) is 6.57 Å². The quantitative estimate of drug-likeness (QED) is 0.381. The van der Waals surface area contributed by atoms with Crippen molar-refractivity contribution in [3.05, 3.63) is 44.8 Å². The Morgan fingerprint density at radius 2 is 2.11 bits per heavy atom.